The van der Waals surface area contributed by atoms with Crippen molar-refractivity contribution in [1.29, 1.82) is 0 Å². The Balaban J connectivity index is 2.62. The summed E-state index contributed by atoms with van der Waals surface area (Å²) in [5, 5.41) is 11.5. The van der Waals surface area contributed by atoms with E-state index >= 15 is 0 Å². The highest BCUT2D eigenvalue weighted by atomic mass is 16.5. The highest BCUT2D eigenvalue weighted by Crippen LogP contribution is 2.43. The van der Waals surface area contributed by atoms with Crippen LogP contribution < -0.4 is 9.47 Å². The Labute approximate surface area is 171 Å². The van der Waals surface area contributed by atoms with Crippen molar-refractivity contribution >= 4 is 0 Å². The highest BCUT2D eigenvalue weighted by molar-refractivity contribution is 5.49. The smallest absolute Gasteiger partial charge is 0.161 e. The molecule has 2 aliphatic heterocycles. The predicted molar refractivity (Wildman–Crippen MR) is 91.1 cm³/mol. The van der Waals surface area contributed by atoms with Gasteiger partial charge in [-0.3, -0.25) is 4.90 Å². The van der Waals surface area contributed by atoms with Crippen LogP contribution in [0.4, 0.5) is 0 Å². The van der Waals surface area contributed by atoms with Gasteiger partial charge in [-0.2, -0.15) is 0 Å². The Hall–Kier alpha value is -1.26. The zero-order valence-electron chi connectivity index (χ0n) is 34.9. The second-order valence-corrected chi connectivity index (χ2v) is 4.59. The van der Waals surface area contributed by atoms with Crippen LogP contribution in [0.25, 0.3) is 0 Å². The maximum absolute atomic E-state index is 11.5. The fraction of sp³-hybridized carbons (Fsp3) is 0.684. The molecular weight excluding hydrogens is 290 g/mol. The van der Waals surface area contributed by atoms with Crippen molar-refractivity contribution < 1.29 is 46.1 Å². The molecular formula is C19H29NO3. The van der Waals surface area contributed by atoms with Gasteiger partial charge >= 0.3 is 0 Å². The van der Waals surface area contributed by atoms with Gasteiger partial charge in [-0.15, -0.1) is 0 Å². The molecule has 0 aromatic heterocycles. The van der Waals surface area contributed by atoms with Crippen molar-refractivity contribution in [2.24, 2.45) is 11.8 Å². The molecule has 0 radical (unpaired) electrons. The van der Waals surface area contributed by atoms with Gasteiger partial charge in [-0.25, -0.2) is 0 Å². The number of nitrogens with zero attached hydrogens (tertiary/aromatic N) is 1. The van der Waals surface area contributed by atoms with Crippen LogP contribution in [0.3, 0.4) is 0 Å². The zero-order valence-corrected chi connectivity index (χ0v) is 11.9. The van der Waals surface area contributed by atoms with E-state index < -0.39 is 111 Å². The summed E-state index contributed by atoms with van der Waals surface area (Å²) in [6.45, 7) is -14.3. The molecule has 128 valence electrons. The number of hydrogen-bond donors (Lipinski definition) is 1. The summed E-state index contributed by atoms with van der Waals surface area (Å²) in [7, 11) is -2.58. The average Bonchev–Trinajstić information content (AvgIpc) is 2.83. The van der Waals surface area contributed by atoms with E-state index in [2.05, 4.69) is 0 Å². The Morgan fingerprint density at radius 2 is 2.39 bits per heavy atom. The largest absolute Gasteiger partial charge is 0.493 e. The lowest BCUT2D eigenvalue weighted by molar-refractivity contribution is -0.0191. The van der Waals surface area contributed by atoms with E-state index in [1.54, 1.807) is 0 Å². The van der Waals surface area contributed by atoms with Crippen LogP contribution in [0.15, 0.2) is 12.1 Å². The molecule has 1 N–H and O–H groups in total. The maximum atomic E-state index is 11.5. The van der Waals surface area contributed by atoms with Crippen molar-refractivity contribution in [2.45, 2.75) is 44.9 Å². The number of rotatable bonds is 4. The summed E-state index contributed by atoms with van der Waals surface area (Å²) in [5.41, 5.74) is -2.71. The molecule has 0 amide bonds. The monoisotopic (exact) mass is 342 g/mol. The standard InChI is InChI=1S/C19H29NO3/c1-12(2)7-14-11-20-6-5-13-8-18(22-3)19(23-4)9-15(13)16(20)10-17(14)21/h8-9,12,14,16-17,21H,5-7,10-11H2,1-4H3/i1D3,2D3,4D3,5D2,6D2,7D2,8D,9D,10D2,12D,14D,16D,17D. The van der Waals surface area contributed by atoms with Gasteiger partial charge in [0.1, 0.15) is 0 Å². The summed E-state index contributed by atoms with van der Waals surface area (Å²) in [6, 6.07) is -6.52. The Bertz CT molecular complexity index is 1400. The molecule has 3 rings (SSSR count). The third-order valence-corrected chi connectivity index (χ3v) is 3.18. The van der Waals surface area contributed by atoms with Crippen molar-refractivity contribution in [2.75, 3.05) is 27.2 Å². The van der Waals surface area contributed by atoms with Gasteiger partial charge in [-0.05, 0) is 54.1 Å². The molecule has 1 fully saturated rings. The first-order valence-corrected chi connectivity index (χ1v) is 6.36. The van der Waals surface area contributed by atoms with Gasteiger partial charge in [-0.1, -0.05) is 13.7 Å². The minimum atomic E-state index is -4.54. The molecule has 0 saturated carbocycles. The summed E-state index contributed by atoms with van der Waals surface area (Å²) < 4.78 is 200. The van der Waals surface area contributed by atoms with Crippen LogP contribution in [-0.2, 0) is 6.37 Å². The van der Waals surface area contributed by atoms with Crippen LogP contribution in [0.2, 0.25) is 0 Å². The normalized spacial score (nSPS) is 61.0. The Morgan fingerprint density at radius 3 is 3.13 bits per heavy atom. The molecule has 0 spiro atoms. The quantitative estimate of drug-likeness (QED) is 0.913. The summed E-state index contributed by atoms with van der Waals surface area (Å²) in [5.74, 6) is -10.9. The summed E-state index contributed by atoms with van der Waals surface area (Å²) >= 11 is 0. The minimum Gasteiger partial charge on any atom is -0.493 e. The van der Waals surface area contributed by atoms with Crippen molar-refractivity contribution in [3.8, 4) is 11.5 Å². The summed E-state index contributed by atoms with van der Waals surface area (Å²) in [6.07, 6.45) is -17.1. The van der Waals surface area contributed by atoms with Gasteiger partial charge in [0.15, 0.2) is 11.5 Å². The van der Waals surface area contributed by atoms with Gasteiger partial charge < -0.3 is 14.6 Å². The second-order valence-electron chi connectivity index (χ2n) is 4.59. The third kappa shape index (κ3) is 3.20. The van der Waals surface area contributed by atoms with Crippen LogP contribution in [0, 0.1) is 11.8 Å². The van der Waals surface area contributed by atoms with Crippen molar-refractivity contribution in [1.82, 2.24) is 4.90 Å². The van der Waals surface area contributed by atoms with Gasteiger partial charge in [0, 0.05) is 41.0 Å². The molecule has 23 heavy (non-hydrogen) atoms. The molecule has 3 atom stereocenters. The topological polar surface area (TPSA) is 41.9 Å². The molecule has 1 aromatic carbocycles. The van der Waals surface area contributed by atoms with E-state index in [1.807, 2.05) is 0 Å². The molecule has 0 aliphatic carbocycles. The molecule has 0 bridgehead atoms. The van der Waals surface area contributed by atoms with Crippen molar-refractivity contribution in [3.63, 3.8) is 0 Å². The lowest BCUT2D eigenvalue weighted by Crippen LogP contribution is -2.48. The van der Waals surface area contributed by atoms with E-state index in [0.717, 1.165) is 7.11 Å². The number of benzene rings is 1. The van der Waals surface area contributed by atoms with E-state index in [1.165, 1.54) is 0 Å². The van der Waals surface area contributed by atoms with Gasteiger partial charge in [0.2, 0.25) is 0 Å². The summed E-state index contributed by atoms with van der Waals surface area (Å²) in [4.78, 5) is -0.279. The lowest BCUT2D eigenvalue weighted by atomic mass is 9.79. The highest BCUT2D eigenvalue weighted by Gasteiger charge is 2.38. The Morgan fingerprint density at radius 1 is 1.57 bits per heavy atom. The van der Waals surface area contributed by atoms with Crippen LogP contribution in [0.1, 0.15) is 75.1 Å². The number of ether oxygens (including phenoxy) is 2. The van der Waals surface area contributed by atoms with Crippen molar-refractivity contribution in [3.05, 3.63) is 23.2 Å². The number of fused-ring (bicyclic) bond motifs is 3. The number of methoxy groups -OCH3 is 2. The first-order valence-electron chi connectivity index (χ1n) is 17.9. The molecule has 4 heteroatoms. The van der Waals surface area contributed by atoms with E-state index in [-0.39, 0.29) is 4.90 Å². The third-order valence-electron chi connectivity index (χ3n) is 3.18. The SMILES string of the molecule is [2H]c1c(OC)c(OC([2H])([2H])[2H])c([2H])c2c1C([2H])([2H])C([2H])([2H])N1CC([2H])(C([2H])([2H])C([2H])(C([2H])([2H])[2H])C([2H])([2H])[2H])C([2H])(O)C([2H])([2H])C21[2H]. The van der Waals surface area contributed by atoms with Gasteiger partial charge in [0.25, 0.3) is 0 Å². The first-order chi connectivity index (χ1) is 19.9. The molecule has 2 heterocycles. The zero-order chi connectivity index (χ0) is 36.7. The number of piperidine rings is 1. The predicted octanol–water partition coefficient (Wildman–Crippen LogP) is 3.03. The molecule has 3 unspecified atom stereocenters. The van der Waals surface area contributed by atoms with E-state index in [4.69, 9.17) is 39.6 Å². The lowest BCUT2D eigenvalue weighted by Gasteiger charge is -2.46. The van der Waals surface area contributed by atoms with Crippen LogP contribution >= 0.6 is 0 Å². The molecule has 2 aliphatic rings. The fourth-order valence-electron chi connectivity index (χ4n) is 2.19. The molecule has 1 saturated heterocycles. The van der Waals surface area contributed by atoms with Crippen LogP contribution in [-0.4, -0.2) is 43.3 Å². The van der Waals surface area contributed by atoms with Gasteiger partial charge in [0.05, 0.1) is 29.8 Å². The molecule has 1 aromatic rings. The number of aliphatic hydroxyl groups is 1. The average molecular weight is 343 g/mol. The first kappa shape index (κ1) is 4.28. The molecule has 4 nitrogen and oxygen atoms in total. The maximum Gasteiger partial charge on any atom is 0.161 e. The fourth-order valence-corrected chi connectivity index (χ4v) is 2.19. The van der Waals surface area contributed by atoms with E-state index in [9.17, 15) is 6.48 Å². The Kier molecular flexibility index (Phi) is 1.25. The van der Waals surface area contributed by atoms with Crippen LogP contribution in [0.5, 0.6) is 11.5 Å². The second kappa shape index (κ2) is 6.70. The number of hydrogen-bond acceptors (Lipinski definition) is 4. The minimum absolute atomic E-state index is 0.279. The van der Waals surface area contributed by atoms with E-state index in [0.29, 0.717) is 0 Å².